The molecule has 104 valence electrons. The number of halogens is 2. The lowest BCUT2D eigenvalue weighted by Crippen LogP contribution is -2.13. The van der Waals surface area contributed by atoms with Crippen LogP contribution in [-0.4, -0.2) is 29.6 Å². The molecule has 0 radical (unpaired) electrons. The van der Waals surface area contributed by atoms with Gasteiger partial charge in [0, 0.05) is 0 Å². The van der Waals surface area contributed by atoms with Crippen LogP contribution in [0, 0.1) is 10.1 Å². The third-order valence-electron chi connectivity index (χ3n) is 2.15. The fraction of sp³-hybridized carbons (Fsp3) is 0.400. The summed E-state index contributed by atoms with van der Waals surface area (Å²) in [5.74, 6) is -2.53. The maximum atomic E-state index is 13.0. The highest BCUT2D eigenvalue weighted by Crippen LogP contribution is 2.35. The van der Waals surface area contributed by atoms with Crippen LogP contribution in [0.2, 0.25) is 0 Å². The average molecular weight is 276 g/mol. The number of hydrogen-bond donors (Lipinski definition) is 0. The van der Waals surface area contributed by atoms with Gasteiger partial charge in [0.2, 0.25) is 0 Å². The van der Waals surface area contributed by atoms with E-state index in [-0.39, 0.29) is 12.4 Å². The molecule has 0 N–H and O–H groups in total. The van der Waals surface area contributed by atoms with Crippen LogP contribution in [0.3, 0.4) is 0 Å². The number of aromatic nitrogens is 1. The molecule has 0 aliphatic carbocycles. The van der Waals surface area contributed by atoms with Gasteiger partial charge in [0.25, 0.3) is 6.43 Å². The van der Waals surface area contributed by atoms with Crippen LogP contribution in [0.5, 0.6) is 5.75 Å². The van der Waals surface area contributed by atoms with Crippen molar-refractivity contribution in [2.45, 2.75) is 13.3 Å². The quantitative estimate of drug-likeness (QED) is 0.464. The van der Waals surface area contributed by atoms with Crippen LogP contribution in [-0.2, 0) is 4.74 Å². The zero-order valence-electron chi connectivity index (χ0n) is 10.1. The lowest BCUT2D eigenvalue weighted by atomic mass is 10.1. The molecule has 9 heteroatoms. The van der Waals surface area contributed by atoms with Gasteiger partial charge in [-0.05, 0) is 16.8 Å². The molecule has 1 rings (SSSR count). The molecule has 0 unspecified atom stereocenters. The monoisotopic (exact) mass is 276 g/mol. The van der Waals surface area contributed by atoms with Crippen molar-refractivity contribution < 1.29 is 28.0 Å². The maximum absolute atomic E-state index is 13.0. The number of pyridine rings is 1. The molecule has 0 aliphatic heterocycles. The van der Waals surface area contributed by atoms with E-state index in [4.69, 9.17) is 4.74 Å². The highest BCUT2D eigenvalue weighted by Gasteiger charge is 2.34. The van der Waals surface area contributed by atoms with Crippen LogP contribution in [0.1, 0.15) is 29.3 Å². The van der Waals surface area contributed by atoms with Crippen LogP contribution in [0.25, 0.3) is 0 Å². The molecule has 0 aromatic carbocycles. The number of methoxy groups -OCH3 is 1. The summed E-state index contributed by atoms with van der Waals surface area (Å²) in [6.07, 6.45) is -2.43. The summed E-state index contributed by atoms with van der Waals surface area (Å²) in [6, 6.07) is 0. The van der Waals surface area contributed by atoms with Gasteiger partial charge in [-0.2, -0.15) is 0 Å². The van der Waals surface area contributed by atoms with Crippen molar-refractivity contribution in [1.29, 1.82) is 0 Å². The third-order valence-corrected chi connectivity index (χ3v) is 2.15. The van der Waals surface area contributed by atoms with E-state index in [2.05, 4.69) is 9.72 Å². The Morgan fingerprint density at radius 3 is 2.63 bits per heavy atom. The normalized spacial score (nSPS) is 10.4. The van der Waals surface area contributed by atoms with E-state index >= 15 is 0 Å². The summed E-state index contributed by atoms with van der Waals surface area (Å²) in [7, 11) is 1.13. The lowest BCUT2D eigenvalue weighted by molar-refractivity contribution is -0.391. The first kappa shape index (κ1) is 14.7. The third kappa shape index (κ3) is 2.92. The number of ether oxygens (including phenoxy) is 2. The number of hydrogen-bond acceptors (Lipinski definition) is 6. The minimum atomic E-state index is -3.26. The summed E-state index contributed by atoms with van der Waals surface area (Å²) in [6.45, 7) is 1.41. The van der Waals surface area contributed by atoms with Gasteiger partial charge in [-0.15, -0.1) is 0 Å². The predicted octanol–water partition coefficient (Wildman–Crippen LogP) is 2.11. The molecule has 0 amide bonds. The fourth-order valence-corrected chi connectivity index (χ4v) is 1.42. The minimum Gasteiger partial charge on any atom is -0.492 e. The summed E-state index contributed by atoms with van der Waals surface area (Å²) < 4.78 is 35.2. The highest BCUT2D eigenvalue weighted by atomic mass is 19.3. The van der Waals surface area contributed by atoms with Crippen molar-refractivity contribution in [2.75, 3.05) is 13.7 Å². The first-order valence-corrected chi connectivity index (χ1v) is 5.10. The van der Waals surface area contributed by atoms with E-state index in [1.165, 1.54) is 6.92 Å². The van der Waals surface area contributed by atoms with Crippen LogP contribution < -0.4 is 4.74 Å². The first-order valence-electron chi connectivity index (χ1n) is 5.10. The van der Waals surface area contributed by atoms with Crippen molar-refractivity contribution in [3.63, 3.8) is 0 Å². The second-order valence-electron chi connectivity index (χ2n) is 3.22. The molecule has 1 heterocycles. The second kappa shape index (κ2) is 6.03. The molecule has 1 aromatic heterocycles. The van der Waals surface area contributed by atoms with Crippen molar-refractivity contribution in [3.05, 3.63) is 27.4 Å². The maximum Gasteiger partial charge on any atom is 0.373 e. The zero-order chi connectivity index (χ0) is 14.6. The van der Waals surface area contributed by atoms with E-state index in [1.54, 1.807) is 0 Å². The van der Waals surface area contributed by atoms with Crippen molar-refractivity contribution in [3.8, 4) is 5.75 Å². The minimum absolute atomic E-state index is 0.0687. The first-order chi connectivity index (χ1) is 8.93. The number of esters is 1. The Balaban J connectivity index is 3.57. The molecular formula is C10H10F2N2O5. The van der Waals surface area contributed by atoms with E-state index in [0.29, 0.717) is 0 Å². The molecule has 0 spiro atoms. The average Bonchev–Trinajstić information content (AvgIpc) is 2.36. The highest BCUT2D eigenvalue weighted by molar-refractivity contribution is 5.95. The number of carbonyl (C=O) groups excluding carboxylic acids is 1. The molecule has 1 aromatic rings. The largest absolute Gasteiger partial charge is 0.492 e. The van der Waals surface area contributed by atoms with Crippen LogP contribution in [0.4, 0.5) is 14.6 Å². The second-order valence-corrected chi connectivity index (χ2v) is 3.22. The Bertz CT molecular complexity index is 507. The Morgan fingerprint density at radius 2 is 2.21 bits per heavy atom. The van der Waals surface area contributed by atoms with Crippen molar-refractivity contribution in [1.82, 2.24) is 4.98 Å². The van der Waals surface area contributed by atoms with Crippen LogP contribution in [0.15, 0.2) is 6.20 Å². The Hall–Kier alpha value is -2.32. The standard InChI is InChI=1S/C10H10F2N2O5/c1-3-19-10(15)6-5(18-2)4-13-9(14(16)17)7(6)8(11)12/h4,8H,3H2,1-2H3. The van der Waals surface area contributed by atoms with Crippen LogP contribution >= 0.6 is 0 Å². The smallest absolute Gasteiger partial charge is 0.373 e. The number of alkyl halides is 2. The van der Waals surface area contributed by atoms with Gasteiger partial charge in [-0.3, -0.25) is 0 Å². The van der Waals surface area contributed by atoms with Gasteiger partial charge in [-0.25, -0.2) is 13.6 Å². The molecule has 0 saturated heterocycles. The SMILES string of the molecule is CCOC(=O)c1c(OC)cnc([N+](=O)[O-])c1C(F)F. The number of nitro groups is 1. The fourth-order valence-electron chi connectivity index (χ4n) is 1.42. The van der Waals surface area contributed by atoms with Gasteiger partial charge in [0.05, 0.1) is 13.7 Å². The van der Waals surface area contributed by atoms with E-state index in [1.807, 2.05) is 0 Å². The molecule has 0 fully saturated rings. The Labute approximate surface area is 106 Å². The molecular weight excluding hydrogens is 266 g/mol. The molecule has 0 saturated carbocycles. The van der Waals surface area contributed by atoms with E-state index in [0.717, 1.165) is 13.3 Å². The molecule has 7 nitrogen and oxygen atoms in total. The van der Waals surface area contributed by atoms with Crippen molar-refractivity contribution in [2.24, 2.45) is 0 Å². The summed E-state index contributed by atoms with van der Waals surface area (Å²) in [5.41, 5.74) is -1.79. The Kier molecular flexibility index (Phi) is 4.67. The number of nitrogens with zero attached hydrogens (tertiary/aromatic N) is 2. The zero-order valence-corrected chi connectivity index (χ0v) is 10.1. The Morgan fingerprint density at radius 1 is 1.58 bits per heavy atom. The molecule has 19 heavy (non-hydrogen) atoms. The van der Waals surface area contributed by atoms with E-state index < -0.39 is 34.3 Å². The lowest BCUT2D eigenvalue weighted by Gasteiger charge is -2.11. The molecule has 0 aliphatic rings. The van der Waals surface area contributed by atoms with Gasteiger partial charge in [-0.1, -0.05) is 0 Å². The molecule has 0 bridgehead atoms. The summed E-state index contributed by atoms with van der Waals surface area (Å²) in [5, 5.41) is 10.7. The predicted molar refractivity (Wildman–Crippen MR) is 58.4 cm³/mol. The summed E-state index contributed by atoms with van der Waals surface area (Å²) >= 11 is 0. The number of rotatable bonds is 5. The van der Waals surface area contributed by atoms with Gasteiger partial charge in [0.15, 0.2) is 11.9 Å². The van der Waals surface area contributed by atoms with Gasteiger partial charge >= 0.3 is 11.8 Å². The van der Waals surface area contributed by atoms with Gasteiger partial charge in [0.1, 0.15) is 11.1 Å². The van der Waals surface area contributed by atoms with Crippen molar-refractivity contribution >= 4 is 11.8 Å². The summed E-state index contributed by atoms with van der Waals surface area (Å²) in [4.78, 5) is 24.5. The molecule has 0 atom stereocenters. The number of carbonyl (C=O) groups is 1. The topological polar surface area (TPSA) is 91.6 Å². The van der Waals surface area contributed by atoms with E-state index in [9.17, 15) is 23.7 Å². The van der Waals surface area contributed by atoms with Gasteiger partial charge < -0.3 is 19.6 Å².